The molecule has 0 radical (unpaired) electrons. The van der Waals surface area contributed by atoms with Gasteiger partial charge < -0.3 is 9.73 Å². The third kappa shape index (κ3) is 4.48. The van der Waals surface area contributed by atoms with E-state index in [0.717, 1.165) is 11.1 Å². The van der Waals surface area contributed by atoms with Crippen LogP contribution in [0.2, 0.25) is 0 Å². The van der Waals surface area contributed by atoms with Gasteiger partial charge >= 0.3 is 0 Å². The number of amides is 1. The van der Waals surface area contributed by atoms with Crippen molar-refractivity contribution in [3.8, 4) is 0 Å². The molecule has 0 aliphatic carbocycles. The van der Waals surface area contributed by atoms with Crippen LogP contribution in [0.15, 0.2) is 77.4 Å². The highest BCUT2D eigenvalue weighted by Crippen LogP contribution is 2.22. The van der Waals surface area contributed by atoms with Crippen LogP contribution in [-0.2, 0) is 4.79 Å². The van der Waals surface area contributed by atoms with Gasteiger partial charge in [-0.3, -0.25) is 9.59 Å². The first-order valence-corrected chi connectivity index (χ1v) is 8.61. The van der Waals surface area contributed by atoms with Gasteiger partial charge in [0.2, 0.25) is 5.91 Å². The maximum Gasteiger partial charge on any atom is 0.221 e. The molecular formula is C22H21NO3. The molecule has 4 heteroatoms. The van der Waals surface area contributed by atoms with Gasteiger partial charge in [-0.2, -0.15) is 0 Å². The number of hydrogen-bond acceptors (Lipinski definition) is 3. The highest BCUT2D eigenvalue weighted by atomic mass is 16.3. The van der Waals surface area contributed by atoms with Crippen LogP contribution in [0.4, 0.5) is 0 Å². The predicted octanol–water partition coefficient (Wildman–Crippen LogP) is 4.46. The van der Waals surface area contributed by atoms with Crippen LogP contribution in [-0.4, -0.2) is 11.7 Å². The van der Waals surface area contributed by atoms with E-state index in [1.165, 1.54) is 0 Å². The number of carbonyl (C=O) groups is 2. The second-order valence-corrected chi connectivity index (χ2v) is 6.22. The van der Waals surface area contributed by atoms with Gasteiger partial charge in [-0.15, -0.1) is 0 Å². The minimum atomic E-state index is -0.367. The summed E-state index contributed by atoms with van der Waals surface area (Å²) in [6.07, 6.45) is 1.89. The molecule has 1 unspecified atom stereocenters. The molecule has 4 nitrogen and oxygen atoms in total. The van der Waals surface area contributed by atoms with E-state index in [9.17, 15) is 9.59 Å². The van der Waals surface area contributed by atoms with E-state index in [1.54, 1.807) is 24.5 Å². The Balaban J connectivity index is 1.63. The smallest absolute Gasteiger partial charge is 0.221 e. The number of nitrogens with one attached hydrogen (secondary N) is 1. The van der Waals surface area contributed by atoms with Crippen molar-refractivity contribution in [3.05, 3.63) is 95.4 Å². The molecule has 0 saturated carbocycles. The van der Waals surface area contributed by atoms with E-state index in [0.29, 0.717) is 11.3 Å². The van der Waals surface area contributed by atoms with Gasteiger partial charge in [0.25, 0.3) is 0 Å². The Morgan fingerprint density at radius 2 is 1.65 bits per heavy atom. The van der Waals surface area contributed by atoms with Crippen LogP contribution in [0, 0.1) is 6.92 Å². The van der Waals surface area contributed by atoms with Gasteiger partial charge in [0.05, 0.1) is 6.26 Å². The normalized spacial score (nSPS) is 11.7. The Morgan fingerprint density at radius 1 is 0.923 bits per heavy atom. The van der Waals surface area contributed by atoms with E-state index in [-0.39, 0.29) is 30.6 Å². The van der Waals surface area contributed by atoms with E-state index < -0.39 is 0 Å². The van der Waals surface area contributed by atoms with E-state index in [1.807, 2.05) is 55.5 Å². The molecule has 132 valence electrons. The van der Waals surface area contributed by atoms with Crippen LogP contribution in [0.5, 0.6) is 0 Å². The molecule has 0 saturated heterocycles. The summed E-state index contributed by atoms with van der Waals surface area (Å²) < 4.78 is 5.48. The number of carbonyl (C=O) groups excluding carboxylic acids is 2. The average molecular weight is 347 g/mol. The van der Waals surface area contributed by atoms with Crippen molar-refractivity contribution < 1.29 is 14.0 Å². The zero-order valence-electron chi connectivity index (χ0n) is 14.6. The van der Waals surface area contributed by atoms with Gasteiger partial charge in [0, 0.05) is 18.4 Å². The molecule has 3 rings (SSSR count). The first kappa shape index (κ1) is 17.7. The Hall–Kier alpha value is -3.14. The highest BCUT2D eigenvalue weighted by molar-refractivity contribution is 5.98. The summed E-state index contributed by atoms with van der Waals surface area (Å²) >= 11 is 0. The minimum absolute atomic E-state index is 0.0330. The van der Waals surface area contributed by atoms with E-state index >= 15 is 0 Å². The summed E-state index contributed by atoms with van der Waals surface area (Å²) in [5, 5.41) is 2.97. The summed E-state index contributed by atoms with van der Waals surface area (Å²) in [5.74, 6) is 0.444. The first-order valence-electron chi connectivity index (χ1n) is 8.61. The van der Waals surface area contributed by atoms with Gasteiger partial charge in [-0.05, 0) is 24.6 Å². The summed E-state index contributed by atoms with van der Waals surface area (Å²) in [7, 11) is 0. The number of hydrogen-bond donors (Lipinski definition) is 1. The standard InChI is InChI=1S/C22H21NO3/c1-16-9-11-17(12-10-16)19(24)13-14-21(25)23-22(20-8-5-15-26-20)18-6-3-2-4-7-18/h2-12,15,22H,13-14H2,1H3,(H,23,25). The number of rotatable bonds is 7. The summed E-state index contributed by atoms with van der Waals surface area (Å²) in [5.41, 5.74) is 2.66. The zero-order valence-corrected chi connectivity index (χ0v) is 14.6. The molecule has 0 spiro atoms. The largest absolute Gasteiger partial charge is 0.467 e. The van der Waals surface area contributed by atoms with Gasteiger partial charge in [0.15, 0.2) is 5.78 Å². The lowest BCUT2D eigenvalue weighted by Gasteiger charge is -2.17. The van der Waals surface area contributed by atoms with Gasteiger partial charge in [-0.1, -0.05) is 60.2 Å². The molecule has 3 aromatic rings. The molecule has 0 aliphatic heterocycles. The van der Waals surface area contributed by atoms with Crippen molar-refractivity contribution in [1.29, 1.82) is 0 Å². The van der Waals surface area contributed by atoms with Crippen molar-refractivity contribution in [3.63, 3.8) is 0 Å². The quantitative estimate of drug-likeness (QED) is 0.642. The second-order valence-electron chi connectivity index (χ2n) is 6.22. The molecule has 2 aromatic carbocycles. The Labute approximate surface area is 152 Å². The first-order chi connectivity index (χ1) is 12.6. The summed E-state index contributed by atoms with van der Waals surface area (Å²) in [6.45, 7) is 1.97. The molecule has 1 heterocycles. The topological polar surface area (TPSA) is 59.3 Å². The molecule has 1 aromatic heterocycles. The maximum atomic E-state index is 12.4. The number of Topliss-reactive ketones (excluding diaryl/α,β-unsaturated/α-hetero) is 1. The Kier molecular flexibility index (Phi) is 5.64. The lowest BCUT2D eigenvalue weighted by atomic mass is 10.0. The van der Waals surface area contributed by atoms with Crippen molar-refractivity contribution in [1.82, 2.24) is 5.32 Å². The fourth-order valence-electron chi connectivity index (χ4n) is 2.76. The molecular weight excluding hydrogens is 326 g/mol. The molecule has 0 fully saturated rings. The number of ketones is 1. The SMILES string of the molecule is Cc1ccc(C(=O)CCC(=O)NC(c2ccccc2)c2ccco2)cc1. The van der Waals surface area contributed by atoms with E-state index in [2.05, 4.69) is 5.32 Å². The third-order valence-electron chi connectivity index (χ3n) is 4.22. The molecule has 0 aliphatic rings. The third-order valence-corrected chi connectivity index (χ3v) is 4.22. The van der Waals surface area contributed by atoms with Gasteiger partial charge in [0.1, 0.15) is 11.8 Å². The van der Waals surface area contributed by atoms with Crippen LogP contribution < -0.4 is 5.32 Å². The predicted molar refractivity (Wildman–Crippen MR) is 99.9 cm³/mol. The fourth-order valence-corrected chi connectivity index (χ4v) is 2.76. The number of benzene rings is 2. The van der Waals surface area contributed by atoms with Crippen LogP contribution >= 0.6 is 0 Å². The monoisotopic (exact) mass is 347 g/mol. The second kappa shape index (κ2) is 8.30. The Morgan fingerprint density at radius 3 is 2.31 bits per heavy atom. The highest BCUT2D eigenvalue weighted by Gasteiger charge is 2.19. The van der Waals surface area contributed by atoms with Crippen LogP contribution in [0.1, 0.15) is 46.1 Å². The fraction of sp³-hybridized carbons (Fsp3) is 0.182. The number of furan rings is 1. The molecule has 26 heavy (non-hydrogen) atoms. The van der Waals surface area contributed by atoms with Crippen molar-refractivity contribution in [2.75, 3.05) is 0 Å². The molecule has 0 bridgehead atoms. The van der Waals surface area contributed by atoms with Crippen LogP contribution in [0.25, 0.3) is 0 Å². The van der Waals surface area contributed by atoms with Crippen molar-refractivity contribution in [2.45, 2.75) is 25.8 Å². The van der Waals surface area contributed by atoms with Crippen molar-refractivity contribution >= 4 is 11.7 Å². The Bertz CT molecular complexity index is 852. The average Bonchev–Trinajstić information content (AvgIpc) is 3.20. The van der Waals surface area contributed by atoms with Crippen LogP contribution in [0.3, 0.4) is 0 Å². The number of aryl methyl sites for hydroxylation is 1. The lowest BCUT2D eigenvalue weighted by Crippen LogP contribution is -2.29. The lowest BCUT2D eigenvalue weighted by molar-refractivity contribution is -0.121. The summed E-state index contributed by atoms with van der Waals surface area (Å²) in [6, 6.07) is 20.3. The maximum absolute atomic E-state index is 12.4. The van der Waals surface area contributed by atoms with Gasteiger partial charge in [-0.25, -0.2) is 0 Å². The molecule has 1 amide bonds. The summed E-state index contributed by atoms with van der Waals surface area (Å²) in [4.78, 5) is 24.7. The zero-order chi connectivity index (χ0) is 18.4. The molecule has 1 atom stereocenters. The minimum Gasteiger partial charge on any atom is -0.467 e. The van der Waals surface area contributed by atoms with Crippen molar-refractivity contribution in [2.24, 2.45) is 0 Å². The van der Waals surface area contributed by atoms with E-state index in [4.69, 9.17) is 4.42 Å². The molecule has 1 N–H and O–H groups in total.